The number of nitrogens with one attached hydrogen (secondary N) is 3. The first-order valence-electron chi connectivity index (χ1n) is 11.6. The Hall–Kier alpha value is -3.31. The van der Waals surface area contributed by atoms with E-state index in [0.717, 1.165) is 12.1 Å². The number of carbonyl (C=O) groups is 2. The fourth-order valence-corrected chi connectivity index (χ4v) is 3.99. The van der Waals surface area contributed by atoms with Gasteiger partial charge in [-0.15, -0.1) is 0 Å². The van der Waals surface area contributed by atoms with Crippen molar-refractivity contribution in [3.8, 4) is 5.75 Å². The first kappa shape index (κ1) is 27.3. The van der Waals surface area contributed by atoms with Crippen LogP contribution < -0.4 is 20.7 Å². The summed E-state index contributed by atoms with van der Waals surface area (Å²) < 4.78 is 44.5. The molecule has 0 saturated heterocycles. The van der Waals surface area contributed by atoms with Crippen LogP contribution in [0.2, 0.25) is 0 Å². The summed E-state index contributed by atoms with van der Waals surface area (Å²) in [4.78, 5) is 27.2. The minimum Gasteiger partial charge on any atom is -0.488 e. The molecule has 8 nitrogen and oxygen atoms in total. The highest BCUT2D eigenvalue weighted by atomic mass is 19.4. The second-order valence-corrected chi connectivity index (χ2v) is 8.92. The van der Waals surface area contributed by atoms with E-state index in [1.807, 2.05) is 14.0 Å². The number of aliphatic hydroxyl groups is 1. The summed E-state index contributed by atoms with van der Waals surface area (Å²) in [5.74, 6) is 0.320. The first-order valence-corrected chi connectivity index (χ1v) is 11.6. The highest BCUT2D eigenvalue weighted by molar-refractivity contribution is 6.00. The zero-order valence-corrected chi connectivity index (χ0v) is 20.4. The Bertz CT molecular complexity index is 1060. The molecule has 4 N–H and O–H groups in total. The van der Waals surface area contributed by atoms with Gasteiger partial charge in [-0.2, -0.15) is 13.2 Å². The highest BCUT2D eigenvalue weighted by Crippen LogP contribution is 2.31. The van der Waals surface area contributed by atoms with Crippen LogP contribution >= 0.6 is 0 Å². The summed E-state index contributed by atoms with van der Waals surface area (Å²) in [7, 11) is 1.81. The molecule has 0 fully saturated rings. The molecule has 1 aliphatic rings. The molecule has 3 atom stereocenters. The normalized spacial score (nSPS) is 19.3. The zero-order valence-electron chi connectivity index (χ0n) is 20.4. The molecule has 2 aromatic carbocycles. The molecule has 0 spiro atoms. The fraction of sp³-hybridized carbons (Fsp3) is 0.440. The molecule has 0 bridgehead atoms. The van der Waals surface area contributed by atoms with Crippen LogP contribution in [-0.2, 0) is 17.4 Å². The van der Waals surface area contributed by atoms with Crippen LogP contribution in [0.15, 0.2) is 42.5 Å². The molecule has 0 saturated carbocycles. The summed E-state index contributed by atoms with van der Waals surface area (Å²) in [6.07, 6.45) is -4.70. The number of carbonyl (C=O) groups excluding carboxylic acids is 2. The molecule has 0 radical (unpaired) electrons. The molecule has 3 amide bonds. The third-order valence-electron chi connectivity index (χ3n) is 6.05. The molecule has 36 heavy (non-hydrogen) atoms. The van der Waals surface area contributed by atoms with Gasteiger partial charge >= 0.3 is 12.2 Å². The first-order chi connectivity index (χ1) is 17.0. The Labute approximate surface area is 207 Å². The van der Waals surface area contributed by atoms with Crippen LogP contribution in [0.5, 0.6) is 5.75 Å². The van der Waals surface area contributed by atoms with Crippen molar-refractivity contribution in [2.24, 2.45) is 5.92 Å². The number of amides is 3. The number of anilines is 2. The number of aliphatic hydroxyl groups excluding tert-OH is 1. The molecule has 0 unspecified atom stereocenters. The number of hydrogen-bond donors (Lipinski definition) is 4. The van der Waals surface area contributed by atoms with Gasteiger partial charge in [0.1, 0.15) is 11.9 Å². The summed E-state index contributed by atoms with van der Waals surface area (Å²) in [5.41, 5.74) is 0.330. The average Bonchev–Trinajstić information content (AvgIpc) is 2.86. The van der Waals surface area contributed by atoms with E-state index >= 15 is 0 Å². The molecular weight excluding hydrogens is 477 g/mol. The molecule has 1 heterocycles. The molecular formula is C25H31F3N4O4. The number of fused-ring (bicyclic) bond motifs is 1. The van der Waals surface area contributed by atoms with Crippen LogP contribution in [0.25, 0.3) is 0 Å². The standard InChI is InChI=1S/C25H31F3N4O4/c1-15-13-32(16(2)14-33)23(34)11-17-10-20(8-9-21(17)36-22(15)12-29-3)31-24(35)30-19-6-4-18(5-7-19)25(26,27)28/h4-10,15-16,22,29,33H,11-14H2,1-3H3,(H2,30,31,35)/t15-,16+,22-/m1/s1. The van der Waals surface area contributed by atoms with Gasteiger partial charge in [0.15, 0.2) is 0 Å². The minimum atomic E-state index is -4.46. The lowest BCUT2D eigenvalue weighted by Gasteiger charge is -2.32. The predicted octanol–water partition coefficient (Wildman–Crippen LogP) is 3.72. The largest absolute Gasteiger partial charge is 0.488 e. The molecule has 2 aromatic rings. The fourth-order valence-electron chi connectivity index (χ4n) is 3.99. The zero-order chi connectivity index (χ0) is 26.5. The lowest BCUT2D eigenvalue weighted by molar-refractivity contribution is -0.137. The average molecular weight is 509 g/mol. The number of alkyl halides is 3. The van der Waals surface area contributed by atoms with Gasteiger partial charge in [-0.25, -0.2) is 4.79 Å². The van der Waals surface area contributed by atoms with Crippen LogP contribution in [0.4, 0.5) is 29.3 Å². The Morgan fingerprint density at radius 1 is 1.17 bits per heavy atom. The van der Waals surface area contributed by atoms with E-state index in [0.29, 0.717) is 30.1 Å². The van der Waals surface area contributed by atoms with Gasteiger partial charge in [0.2, 0.25) is 5.91 Å². The van der Waals surface area contributed by atoms with Crippen molar-refractivity contribution >= 4 is 23.3 Å². The van der Waals surface area contributed by atoms with E-state index in [4.69, 9.17) is 4.74 Å². The topological polar surface area (TPSA) is 103 Å². The Morgan fingerprint density at radius 2 is 1.81 bits per heavy atom. The van der Waals surface area contributed by atoms with Gasteiger partial charge in [0.05, 0.1) is 24.6 Å². The number of benzene rings is 2. The van der Waals surface area contributed by atoms with Crippen molar-refractivity contribution in [1.29, 1.82) is 0 Å². The monoisotopic (exact) mass is 508 g/mol. The van der Waals surface area contributed by atoms with Crippen molar-refractivity contribution < 1.29 is 32.6 Å². The highest BCUT2D eigenvalue weighted by Gasteiger charge is 2.31. The smallest absolute Gasteiger partial charge is 0.416 e. The third-order valence-corrected chi connectivity index (χ3v) is 6.05. The maximum absolute atomic E-state index is 13.1. The summed E-state index contributed by atoms with van der Waals surface area (Å²) in [5, 5.41) is 17.9. The number of rotatable bonds is 6. The van der Waals surface area contributed by atoms with Gasteiger partial charge in [-0.3, -0.25) is 4.79 Å². The minimum absolute atomic E-state index is 0.00864. The Balaban J connectivity index is 1.80. The van der Waals surface area contributed by atoms with E-state index in [-0.39, 0.29) is 42.7 Å². The van der Waals surface area contributed by atoms with Crippen molar-refractivity contribution in [1.82, 2.24) is 10.2 Å². The molecule has 0 aromatic heterocycles. The Morgan fingerprint density at radius 3 is 2.42 bits per heavy atom. The van der Waals surface area contributed by atoms with Crippen LogP contribution in [-0.4, -0.2) is 60.8 Å². The molecule has 3 rings (SSSR count). The number of hydrogen-bond acceptors (Lipinski definition) is 5. The van der Waals surface area contributed by atoms with Gasteiger partial charge in [-0.05, 0) is 56.4 Å². The van der Waals surface area contributed by atoms with E-state index in [2.05, 4.69) is 16.0 Å². The van der Waals surface area contributed by atoms with Gasteiger partial charge in [0, 0.05) is 35.9 Å². The lowest BCUT2D eigenvalue weighted by atomic mass is 10.0. The van der Waals surface area contributed by atoms with Crippen LogP contribution in [0.1, 0.15) is 25.0 Å². The molecule has 196 valence electrons. The van der Waals surface area contributed by atoms with Gasteiger partial charge in [0.25, 0.3) is 0 Å². The number of nitrogens with zero attached hydrogens (tertiary/aromatic N) is 1. The number of ether oxygens (including phenoxy) is 1. The number of urea groups is 1. The Kier molecular flexibility index (Phi) is 8.80. The van der Waals surface area contributed by atoms with Gasteiger partial charge < -0.3 is 30.7 Å². The van der Waals surface area contributed by atoms with Crippen LogP contribution in [0, 0.1) is 5.92 Å². The second-order valence-electron chi connectivity index (χ2n) is 8.92. The van der Waals surface area contributed by atoms with Crippen molar-refractivity contribution in [2.75, 3.05) is 37.4 Å². The van der Waals surface area contributed by atoms with Crippen molar-refractivity contribution in [2.45, 2.75) is 38.6 Å². The quantitative estimate of drug-likeness (QED) is 0.477. The van der Waals surface area contributed by atoms with E-state index in [1.165, 1.54) is 12.1 Å². The number of halogens is 3. The number of likely N-dealkylation sites (N-methyl/N-ethyl adjacent to an activating group) is 1. The third kappa shape index (κ3) is 6.88. The second kappa shape index (κ2) is 11.6. The maximum Gasteiger partial charge on any atom is 0.416 e. The van der Waals surface area contributed by atoms with E-state index in [1.54, 1.807) is 30.0 Å². The summed E-state index contributed by atoms with van der Waals surface area (Å²) in [6, 6.07) is 8.02. The molecule has 1 aliphatic heterocycles. The summed E-state index contributed by atoms with van der Waals surface area (Å²) >= 11 is 0. The van der Waals surface area contributed by atoms with Crippen molar-refractivity contribution in [3.63, 3.8) is 0 Å². The molecule has 0 aliphatic carbocycles. The molecule has 11 heteroatoms. The summed E-state index contributed by atoms with van der Waals surface area (Å²) in [6.45, 7) is 4.56. The van der Waals surface area contributed by atoms with Crippen molar-refractivity contribution in [3.05, 3.63) is 53.6 Å². The van der Waals surface area contributed by atoms with E-state index < -0.39 is 17.8 Å². The van der Waals surface area contributed by atoms with Crippen LogP contribution in [0.3, 0.4) is 0 Å². The maximum atomic E-state index is 13.1. The lowest BCUT2D eigenvalue weighted by Crippen LogP contribution is -2.47. The van der Waals surface area contributed by atoms with Gasteiger partial charge in [-0.1, -0.05) is 6.92 Å². The SMILES string of the molecule is CNC[C@H]1Oc2ccc(NC(=O)Nc3ccc(C(F)(F)F)cc3)cc2CC(=O)N([C@@H](C)CO)C[C@H]1C. The predicted molar refractivity (Wildman–Crippen MR) is 130 cm³/mol. The van der Waals surface area contributed by atoms with E-state index in [9.17, 15) is 27.9 Å².